The van der Waals surface area contributed by atoms with E-state index in [9.17, 15) is 4.79 Å². The highest BCUT2D eigenvalue weighted by Gasteiger charge is 2.31. The fourth-order valence-electron chi connectivity index (χ4n) is 3.00. The normalized spacial score (nSPS) is 19.8. The van der Waals surface area contributed by atoms with Crippen molar-refractivity contribution in [2.75, 3.05) is 26.9 Å². The van der Waals surface area contributed by atoms with Crippen molar-refractivity contribution < 1.29 is 18.8 Å². The number of nitrogens with one attached hydrogen (secondary N) is 1. The quantitative estimate of drug-likeness (QED) is 0.775. The Labute approximate surface area is 153 Å². The molecule has 2 aromatic rings. The van der Waals surface area contributed by atoms with Gasteiger partial charge in [0, 0.05) is 19.2 Å². The zero-order valence-electron chi connectivity index (χ0n) is 15.2. The molecule has 1 aliphatic rings. The van der Waals surface area contributed by atoms with Gasteiger partial charge in [0.15, 0.2) is 11.5 Å². The maximum absolute atomic E-state index is 12.4. The topological polar surface area (TPSA) is 76.8 Å². The van der Waals surface area contributed by atoms with Crippen LogP contribution in [0.25, 0.3) is 0 Å². The van der Waals surface area contributed by atoms with Crippen molar-refractivity contribution in [3.63, 3.8) is 0 Å². The average Bonchev–Trinajstić information content (AvgIpc) is 3.26. The largest absolute Gasteiger partial charge is 0.376 e. The van der Waals surface area contributed by atoms with Crippen LogP contribution in [-0.4, -0.2) is 55.0 Å². The van der Waals surface area contributed by atoms with Gasteiger partial charge in [-0.15, -0.1) is 0 Å². The van der Waals surface area contributed by atoms with E-state index in [1.807, 2.05) is 32.2 Å². The van der Waals surface area contributed by atoms with Crippen molar-refractivity contribution in [1.29, 1.82) is 0 Å². The maximum Gasteiger partial charge on any atom is 0.273 e. The third-order valence-corrected chi connectivity index (χ3v) is 4.24. The summed E-state index contributed by atoms with van der Waals surface area (Å²) in [6.45, 7) is 4.81. The van der Waals surface area contributed by atoms with Crippen LogP contribution in [0.15, 0.2) is 40.9 Å². The van der Waals surface area contributed by atoms with E-state index in [1.165, 1.54) is 5.56 Å². The van der Waals surface area contributed by atoms with Crippen LogP contribution in [0.5, 0.6) is 0 Å². The molecule has 7 heteroatoms. The molecular weight excluding hydrogens is 334 g/mol. The Morgan fingerprint density at radius 1 is 1.31 bits per heavy atom. The molecule has 1 saturated heterocycles. The van der Waals surface area contributed by atoms with Gasteiger partial charge in [0.25, 0.3) is 5.91 Å². The van der Waals surface area contributed by atoms with Crippen LogP contribution < -0.4 is 5.32 Å². The van der Waals surface area contributed by atoms with Crippen LogP contribution in [-0.2, 0) is 22.6 Å². The summed E-state index contributed by atoms with van der Waals surface area (Å²) in [6.07, 6.45) is -0.118. The molecule has 1 N–H and O–H groups in total. The number of carbonyl (C=O) groups excluding carboxylic acids is 1. The van der Waals surface area contributed by atoms with Gasteiger partial charge in [-0.3, -0.25) is 9.69 Å². The van der Waals surface area contributed by atoms with Crippen LogP contribution >= 0.6 is 0 Å². The third-order valence-electron chi connectivity index (χ3n) is 4.24. The number of carbonyl (C=O) groups is 1. The summed E-state index contributed by atoms with van der Waals surface area (Å²) in [4.78, 5) is 14.5. The van der Waals surface area contributed by atoms with Crippen molar-refractivity contribution >= 4 is 5.91 Å². The van der Waals surface area contributed by atoms with Crippen LogP contribution in [0.3, 0.4) is 0 Å². The van der Waals surface area contributed by atoms with Crippen molar-refractivity contribution in [1.82, 2.24) is 15.4 Å². The SMILES string of the molecule is CCO[C@H]1COC[C@@H]1NC(=O)c1cc(CN(C)Cc2ccccc2)on1. The molecule has 0 unspecified atom stereocenters. The highest BCUT2D eigenvalue weighted by atomic mass is 16.5. The first kappa shape index (κ1) is 18.6. The first-order valence-electron chi connectivity index (χ1n) is 8.84. The minimum Gasteiger partial charge on any atom is -0.376 e. The summed E-state index contributed by atoms with van der Waals surface area (Å²) in [5.41, 5.74) is 1.49. The van der Waals surface area contributed by atoms with Gasteiger partial charge < -0.3 is 19.3 Å². The van der Waals surface area contributed by atoms with Crippen LogP contribution in [0.4, 0.5) is 0 Å². The zero-order chi connectivity index (χ0) is 18.4. The van der Waals surface area contributed by atoms with E-state index in [4.69, 9.17) is 14.0 Å². The summed E-state index contributed by atoms with van der Waals surface area (Å²) in [6, 6.07) is 11.7. The molecule has 2 heterocycles. The first-order valence-corrected chi connectivity index (χ1v) is 8.84. The van der Waals surface area contributed by atoms with E-state index >= 15 is 0 Å². The molecule has 1 aromatic heterocycles. The average molecular weight is 359 g/mol. The van der Waals surface area contributed by atoms with Crippen molar-refractivity contribution in [3.05, 3.63) is 53.4 Å². The minimum absolute atomic E-state index is 0.118. The van der Waals surface area contributed by atoms with Gasteiger partial charge in [0.05, 0.1) is 25.8 Å². The number of hydrogen-bond donors (Lipinski definition) is 1. The lowest BCUT2D eigenvalue weighted by Gasteiger charge is -2.18. The van der Waals surface area contributed by atoms with E-state index in [-0.39, 0.29) is 23.7 Å². The molecule has 140 valence electrons. The predicted octanol–water partition coefficient (Wildman–Crippen LogP) is 1.84. The molecule has 0 spiro atoms. The Morgan fingerprint density at radius 3 is 2.88 bits per heavy atom. The fourth-order valence-corrected chi connectivity index (χ4v) is 3.00. The second-order valence-electron chi connectivity index (χ2n) is 6.45. The molecule has 1 aliphatic heterocycles. The molecule has 0 bridgehead atoms. The molecule has 1 fully saturated rings. The van der Waals surface area contributed by atoms with E-state index in [0.717, 1.165) is 6.54 Å². The number of ether oxygens (including phenoxy) is 2. The Balaban J connectivity index is 1.53. The second kappa shape index (κ2) is 8.93. The number of benzene rings is 1. The van der Waals surface area contributed by atoms with Gasteiger partial charge >= 0.3 is 0 Å². The van der Waals surface area contributed by atoms with Gasteiger partial charge in [0.1, 0.15) is 6.10 Å². The van der Waals surface area contributed by atoms with Crippen LogP contribution in [0.1, 0.15) is 28.7 Å². The van der Waals surface area contributed by atoms with Gasteiger partial charge in [-0.1, -0.05) is 35.5 Å². The lowest BCUT2D eigenvalue weighted by atomic mass is 10.2. The van der Waals surface area contributed by atoms with Crippen LogP contribution in [0.2, 0.25) is 0 Å². The maximum atomic E-state index is 12.4. The molecule has 0 radical (unpaired) electrons. The smallest absolute Gasteiger partial charge is 0.273 e. The van der Waals surface area contributed by atoms with Crippen molar-refractivity contribution in [3.8, 4) is 0 Å². The Hall–Kier alpha value is -2.22. The number of aromatic nitrogens is 1. The standard InChI is InChI=1S/C19H25N3O4/c1-3-25-18-13-24-12-17(18)20-19(23)16-9-15(26-21-16)11-22(2)10-14-7-5-4-6-8-14/h4-9,17-18H,3,10-13H2,1-2H3,(H,20,23)/t17-,18-/m0/s1. The number of hydrogen-bond acceptors (Lipinski definition) is 6. The number of rotatable bonds is 8. The predicted molar refractivity (Wildman–Crippen MR) is 95.6 cm³/mol. The third kappa shape index (κ3) is 4.91. The molecule has 7 nitrogen and oxygen atoms in total. The Bertz CT molecular complexity index is 704. The summed E-state index contributed by atoms with van der Waals surface area (Å²) in [5.74, 6) is 0.378. The molecule has 0 saturated carbocycles. The summed E-state index contributed by atoms with van der Waals surface area (Å²) < 4.78 is 16.3. The van der Waals surface area contributed by atoms with Gasteiger partial charge in [-0.2, -0.15) is 0 Å². The van der Waals surface area contributed by atoms with Gasteiger partial charge in [-0.05, 0) is 19.5 Å². The summed E-state index contributed by atoms with van der Waals surface area (Å²) in [5, 5.41) is 6.81. The number of amides is 1. The fraction of sp³-hybridized carbons (Fsp3) is 0.474. The molecule has 1 amide bonds. The van der Waals surface area contributed by atoms with Crippen molar-refractivity contribution in [2.45, 2.75) is 32.2 Å². The summed E-state index contributed by atoms with van der Waals surface area (Å²) in [7, 11) is 2.00. The minimum atomic E-state index is -0.272. The second-order valence-corrected chi connectivity index (χ2v) is 6.45. The molecular formula is C19H25N3O4. The van der Waals surface area contributed by atoms with E-state index in [0.29, 0.717) is 32.1 Å². The highest BCUT2D eigenvalue weighted by Crippen LogP contribution is 2.13. The van der Waals surface area contributed by atoms with Gasteiger partial charge in [-0.25, -0.2) is 0 Å². The van der Waals surface area contributed by atoms with E-state index in [1.54, 1.807) is 6.07 Å². The lowest BCUT2D eigenvalue weighted by molar-refractivity contribution is 0.0401. The molecule has 0 aliphatic carbocycles. The Morgan fingerprint density at radius 2 is 2.12 bits per heavy atom. The van der Waals surface area contributed by atoms with E-state index in [2.05, 4.69) is 27.5 Å². The van der Waals surface area contributed by atoms with Gasteiger partial charge in [0.2, 0.25) is 0 Å². The molecule has 3 rings (SSSR count). The van der Waals surface area contributed by atoms with E-state index < -0.39 is 0 Å². The lowest BCUT2D eigenvalue weighted by Crippen LogP contribution is -2.43. The molecule has 26 heavy (non-hydrogen) atoms. The first-order chi connectivity index (χ1) is 12.7. The Kier molecular flexibility index (Phi) is 6.38. The molecule has 2 atom stereocenters. The number of nitrogens with zero attached hydrogens (tertiary/aromatic N) is 2. The van der Waals surface area contributed by atoms with Crippen LogP contribution in [0, 0.1) is 0 Å². The highest BCUT2D eigenvalue weighted by molar-refractivity contribution is 5.92. The summed E-state index contributed by atoms with van der Waals surface area (Å²) >= 11 is 0. The zero-order valence-corrected chi connectivity index (χ0v) is 15.2. The molecule has 1 aromatic carbocycles. The monoisotopic (exact) mass is 359 g/mol. The van der Waals surface area contributed by atoms with Crippen molar-refractivity contribution in [2.24, 2.45) is 0 Å².